The minimum absolute atomic E-state index is 0.314. The van der Waals surface area contributed by atoms with Crippen LogP contribution >= 0.6 is 23.2 Å². The van der Waals surface area contributed by atoms with Crippen molar-refractivity contribution in [3.8, 4) is 0 Å². The third kappa shape index (κ3) is 7.27. The van der Waals surface area contributed by atoms with Crippen LogP contribution in [0.5, 0.6) is 0 Å². The van der Waals surface area contributed by atoms with E-state index < -0.39 is 5.91 Å². The van der Waals surface area contributed by atoms with E-state index in [0.29, 0.717) is 22.3 Å². The Morgan fingerprint density at radius 3 is 2.52 bits per heavy atom. The van der Waals surface area contributed by atoms with Crippen molar-refractivity contribution in [3.63, 3.8) is 0 Å². The highest BCUT2D eigenvalue weighted by Gasteiger charge is 2.03. The molecule has 6 nitrogen and oxygen atoms in total. The van der Waals surface area contributed by atoms with Crippen molar-refractivity contribution in [1.82, 2.24) is 10.3 Å². The van der Waals surface area contributed by atoms with Crippen LogP contribution in [0, 0.1) is 0 Å². The van der Waals surface area contributed by atoms with Crippen molar-refractivity contribution in [1.29, 1.82) is 0 Å². The van der Waals surface area contributed by atoms with E-state index in [1.54, 1.807) is 30.5 Å². The van der Waals surface area contributed by atoms with E-state index in [1.165, 1.54) is 12.2 Å². The molecule has 1 aromatic heterocycles. The molecule has 0 fully saturated rings. The van der Waals surface area contributed by atoms with Gasteiger partial charge in [-0.3, -0.25) is 14.6 Å². The summed E-state index contributed by atoms with van der Waals surface area (Å²) in [5, 5.41) is 11.0. The van der Waals surface area contributed by atoms with Crippen LogP contribution < -0.4 is 16.0 Å². The molecular formula is C23H22Cl2N4O2. The molecule has 1 heterocycles. The predicted molar refractivity (Wildman–Crippen MR) is 127 cm³/mol. The second-order valence-corrected chi connectivity index (χ2v) is 7.65. The highest BCUT2D eigenvalue weighted by Crippen LogP contribution is 2.24. The lowest BCUT2D eigenvalue weighted by atomic mass is 10.2. The zero-order chi connectivity index (χ0) is 22.1. The number of anilines is 2. The lowest BCUT2D eigenvalue weighted by molar-refractivity contribution is -0.117. The molecule has 160 valence electrons. The van der Waals surface area contributed by atoms with Crippen molar-refractivity contribution < 1.29 is 9.59 Å². The summed E-state index contributed by atoms with van der Waals surface area (Å²) in [4.78, 5) is 28.0. The summed E-state index contributed by atoms with van der Waals surface area (Å²) in [6.45, 7) is 1.28. The standard InChI is InChI=1S/C23H22Cl2N4O2/c24-16-4-3-5-18(14-16)29-23(31)9-8-22(30)28-12-2-1-11-26-20-10-13-27-21-15-17(25)6-7-19(20)21/h3-10,13-15H,1-2,11-12H2,(H,26,27)(H,28,30)(H,29,31)/b9-8+. The fourth-order valence-corrected chi connectivity index (χ4v) is 3.28. The highest BCUT2D eigenvalue weighted by molar-refractivity contribution is 6.31. The zero-order valence-electron chi connectivity index (χ0n) is 16.7. The van der Waals surface area contributed by atoms with Crippen LogP contribution in [0.15, 0.2) is 66.9 Å². The summed E-state index contributed by atoms with van der Waals surface area (Å²) in [5.41, 5.74) is 2.41. The van der Waals surface area contributed by atoms with Gasteiger partial charge in [0, 0.05) is 58.2 Å². The van der Waals surface area contributed by atoms with E-state index in [9.17, 15) is 9.59 Å². The van der Waals surface area contributed by atoms with Crippen LogP contribution in [-0.2, 0) is 9.59 Å². The topological polar surface area (TPSA) is 83.1 Å². The summed E-state index contributed by atoms with van der Waals surface area (Å²) in [6.07, 6.45) is 5.83. The van der Waals surface area contributed by atoms with Gasteiger partial charge in [0.15, 0.2) is 0 Å². The molecule has 3 aromatic rings. The van der Waals surface area contributed by atoms with Gasteiger partial charge in [-0.1, -0.05) is 29.3 Å². The van der Waals surface area contributed by atoms with E-state index in [4.69, 9.17) is 23.2 Å². The Bertz CT molecular complexity index is 1100. The maximum Gasteiger partial charge on any atom is 0.248 e. The number of unbranched alkanes of at least 4 members (excludes halogenated alkanes) is 1. The number of aromatic nitrogens is 1. The number of nitrogens with one attached hydrogen (secondary N) is 3. The Balaban J connectivity index is 1.34. The van der Waals surface area contributed by atoms with Crippen LogP contribution in [0.3, 0.4) is 0 Å². The molecule has 3 rings (SSSR count). The molecule has 0 aliphatic rings. The number of halogens is 2. The van der Waals surface area contributed by atoms with Gasteiger partial charge in [-0.2, -0.15) is 0 Å². The maximum atomic E-state index is 11.8. The number of rotatable bonds is 9. The first-order chi connectivity index (χ1) is 15.0. The van der Waals surface area contributed by atoms with Crippen molar-refractivity contribution in [2.24, 2.45) is 0 Å². The molecule has 8 heteroatoms. The Labute approximate surface area is 190 Å². The summed E-state index contributed by atoms with van der Waals surface area (Å²) >= 11 is 11.9. The first kappa shape index (κ1) is 22.6. The summed E-state index contributed by atoms with van der Waals surface area (Å²) in [6, 6.07) is 14.3. The minimum atomic E-state index is -0.396. The van der Waals surface area contributed by atoms with E-state index in [-0.39, 0.29) is 5.91 Å². The van der Waals surface area contributed by atoms with Gasteiger partial charge < -0.3 is 16.0 Å². The predicted octanol–water partition coefficient (Wildman–Crippen LogP) is 5.04. The number of fused-ring (bicyclic) bond motifs is 1. The largest absolute Gasteiger partial charge is 0.384 e. The van der Waals surface area contributed by atoms with Crippen LogP contribution in [0.2, 0.25) is 10.0 Å². The number of hydrogen-bond acceptors (Lipinski definition) is 4. The third-order valence-corrected chi connectivity index (χ3v) is 4.87. The monoisotopic (exact) mass is 456 g/mol. The molecule has 3 N–H and O–H groups in total. The Hall–Kier alpha value is -3.09. The molecule has 0 atom stereocenters. The molecule has 0 saturated heterocycles. The number of hydrogen-bond donors (Lipinski definition) is 3. The lowest BCUT2D eigenvalue weighted by Crippen LogP contribution is -2.23. The fraction of sp³-hybridized carbons (Fsp3) is 0.174. The Morgan fingerprint density at radius 2 is 1.68 bits per heavy atom. The van der Waals surface area contributed by atoms with Gasteiger partial charge in [0.1, 0.15) is 0 Å². The van der Waals surface area contributed by atoms with Gasteiger partial charge in [-0.15, -0.1) is 0 Å². The van der Waals surface area contributed by atoms with Crippen molar-refractivity contribution in [2.45, 2.75) is 12.8 Å². The number of carbonyl (C=O) groups is 2. The average molecular weight is 457 g/mol. The van der Waals surface area contributed by atoms with E-state index in [0.717, 1.165) is 36.0 Å². The molecule has 0 unspecified atom stereocenters. The van der Waals surface area contributed by atoms with Crippen molar-refractivity contribution >= 4 is 57.3 Å². The van der Waals surface area contributed by atoms with Crippen molar-refractivity contribution in [3.05, 3.63) is 76.9 Å². The molecule has 0 spiro atoms. The molecule has 0 aliphatic heterocycles. The molecule has 0 bridgehead atoms. The number of pyridine rings is 1. The number of benzene rings is 2. The highest BCUT2D eigenvalue weighted by atomic mass is 35.5. The summed E-state index contributed by atoms with van der Waals surface area (Å²) in [5.74, 6) is -0.710. The molecule has 31 heavy (non-hydrogen) atoms. The first-order valence-electron chi connectivity index (χ1n) is 9.82. The Morgan fingerprint density at radius 1 is 0.903 bits per heavy atom. The molecule has 2 aromatic carbocycles. The molecule has 0 radical (unpaired) electrons. The average Bonchev–Trinajstić information content (AvgIpc) is 2.74. The van der Waals surface area contributed by atoms with Crippen molar-refractivity contribution in [2.75, 3.05) is 23.7 Å². The normalized spacial score (nSPS) is 10.9. The van der Waals surface area contributed by atoms with E-state index >= 15 is 0 Å². The zero-order valence-corrected chi connectivity index (χ0v) is 18.2. The number of amides is 2. The third-order valence-electron chi connectivity index (χ3n) is 4.40. The van der Waals surface area contributed by atoms with Crippen LogP contribution in [0.1, 0.15) is 12.8 Å². The number of nitrogens with zero attached hydrogens (tertiary/aromatic N) is 1. The van der Waals surface area contributed by atoms with Gasteiger partial charge >= 0.3 is 0 Å². The van der Waals surface area contributed by atoms with Gasteiger partial charge in [0.25, 0.3) is 0 Å². The SMILES string of the molecule is O=C(/C=C/C(=O)Nc1cccc(Cl)c1)NCCCCNc1ccnc2cc(Cl)ccc12. The van der Waals surface area contributed by atoms with Gasteiger partial charge in [-0.05, 0) is 55.3 Å². The summed E-state index contributed by atoms with van der Waals surface area (Å²) in [7, 11) is 0. The molecule has 2 amide bonds. The van der Waals surface area contributed by atoms with Gasteiger partial charge in [-0.25, -0.2) is 0 Å². The summed E-state index contributed by atoms with van der Waals surface area (Å²) < 4.78 is 0. The lowest BCUT2D eigenvalue weighted by Gasteiger charge is -2.09. The second kappa shape index (κ2) is 11.3. The first-order valence-corrected chi connectivity index (χ1v) is 10.6. The van der Waals surface area contributed by atoms with Crippen LogP contribution in [0.25, 0.3) is 10.9 Å². The molecule has 0 saturated carbocycles. The quantitative estimate of drug-likeness (QED) is 0.310. The van der Waals surface area contributed by atoms with Crippen LogP contribution in [-0.4, -0.2) is 29.9 Å². The second-order valence-electron chi connectivity index (χ2n) is 6.78. The maximum absolute atomic E-state index is 11.8. The molecule has 0 aliphatic carbocycles. The number of carbonyl (C=O) groups excluding carboxylic acids is 2. The minimum Gasteiger partial charge on any atom is -0.384 e. The van der Waals surface area contributed by atoms with E-state index in [2.05, 4.69) is 20.9 Å². The van der Waals surface area contributed by atoms with Gasteiger partial charge in [0.2, 0.25) is 11.8 Å². The fourth-order valence-electron chi connectivity index (χ4n) is 2.92. The Kier molecular flexibility index (Phi) is 8.27. The van der Waals surface area contributed by atoms with Gasteiger partial charge in [0.05, 0.1) is 5.52 Å². The van der Waals surface area contributed by atoms with E-state index in [1.807, 2.05) is 24.3 Å². The molecular weight excluding hydrogens is 435 g/mol. The van der Waals surface area contributed by atoms with Crippen LogP contribution in [0.4, 0.5) is 11.4 Å². The smallest absolute Gasteiger partial charge is 0.248 e.